The van der Waals surface area contributed by atoms with Crippen molar-refractivity contribution < 1.29 is 9.53 Å². The molecule has 0 bridgehead atoms. The first-order valence-electron chi connectivity index (χ1n) is 8.26. The lowest BCUT2D eigenvalue weighted by Gasteiger charge is -2.19. The topological polar surface area (TPSA) is 41.6 Å². The van der Waals surface area contributed by atoms with Crippen LogP contribution in [0.15, 0.2) is 48.5 Å². The molecule has 6 heteroatoms. The summed E-state index contributed by atoms with van der Waals surface area (Å²) < 4.78 is 5.45. The number of nitrogens with zero attached hydrogens (tertiary/aromatic N) is 1. The Balaban J connectivity index is 1.39. The summed E-state index contributed by atoms with van der Waals surface area (Å²) in [5, 5.41) is 4.33. The number of halogens is 2. The number of amides is 1. The molecular formula is C19H20Cl2N2O2. The van der Waals surface area contributed by atoms with Crippen molar-refractivity contribution in [2.75, 3.05) is 31.1 Å². The van der Waals surface area contributed by atoms with E-state index in [-0.39, 0.29) is 12.5 Å². The minimum Gasteiger partial charge on any atom is -0.484 e. The van der Waals surface area contributed by atoms with E-state index in [2.05, 4.69) is 10.2 Å². The molecule has 1 amide bonds. The number of rotatable bonds is 6. The molecule has 1 aliphatic heterocycles. The zero-order valence-corrected chi connectivity index (χ0v) is 15.3. The Labute approximate surface area is 157 Å². The summed E-state index contributed by atoms with van der Waals surface area (Å²) in [7, 11) is 0. The summed E-state index contributed by atoms with van der Waals surface area (Å²) in [6.45, 7) is 2.59. The van der Waals surface area contributed by atoms with E-state index in [1.807, 2.05) is 24.3 Å². The molecule has 2 aromatic carbocycles. The summed E-state index contributed by atoms with van der Waals surface area (Å²) in [5.41, 5.74) is 1.17. The van der Waals surface area contributed by atoms with Crippen molar-refractivity contribution in [2.45, 2.75) is 6.42 Å². The SMILES string of the molecule is O=C(COc1ccc(Cl)cc1)NC[C@@H]1CCN(c2ccc(Cl)cc2)C1. The van der Waals surface area contributed by atoms with Gasteiger partial charge in [0.25, 0.3) is 5.91 Å². The zero-order chi connectivity index (χ0) is 17.6. The maximum atomic E-state index is 11.9. The van der Waals surface area contributed by atoms with Crippen molar-refractivity contribution in [2.24, 2.45) is 5.92 Å². The Hall–Kier alpha value is -1.91. The molecule has 1 heterocycles. The van der Waals surface area contributed by atoms with E-state index in [0.29, 0.717) is 23.2 Å². The molecule has 1 saturated heterocycles. The van der Waals surface area contributed by atoms with E-state index >= 15 is 0 Å². The molecule has 4 nitrogen and oxygen atoms in total. The highest BCUT2D eigenvalue weighted by molar-refractivity contribution is 6.30. The molecular weight excluding hydrogens is 359 g/mol. The van der Waals surface area contributed by atoms with Gasteiger partial charge in [-0.3, -0.25) is 4.79 Å². The second kappa shape index (κ2) is 8.45. The third-order valence-corrected chi connectivity index (χ3v) is 4.75. The van der Waals surface area contributed by atoms with Gasteiger partial charge < -0.3 is 15.0 Å². The zero-order valence-electron chi connectivity index (χ0n) is 13.8. The Morgan fingerprint density at radius 1 is 1.08 bits per heavy atom. The van der Waals surface area contributed by atoms with Gasteiger partial charge in [0, 0.05) is 35.4 Å². The number of ether oxygens (including phenoxy) is 1. The maximum Gasteiger partial charge on any atom is 0.257 e. The molecule has 1 fully saturated rings. The third kappa shape index (κ3) is 5.28. The summed E-state index contributed by atoms with van der Waals surface area (Å²) in [5.74, 6) is 0.962. The standard InChI is InChI=1S/C19H20Cl2N2O2/c20-15-1-5-17(6-2-15)23-10-9-14(12-23)11-22-19(24)13-25-18-7-3-16(21)4-8-18/h1-8,14H,9-13H2,(H,22,24)/t14-/m0/s1. The highest BCUT2D eigenvalue weighted by Gasteiger charge is 2.23. The highest BCUT2D eigenvalue weighted by Crippen LogP contribution is 2.24. The first kappa shape index (κ1) is 17.9. The normalized spacial score (nSPS) is 16.7. The van der Waals surface area contributed by atoms with Crippen molar-refractivity contribution in [3.05, 3.63) is 58.6 Å². The lowest BCUT2D eigenvalue weighted by molar-refractivity contribution is -0.123. The van der Waals surface area contributed by atoms with Crippen LogP contribution in [0, 0.1) is 5.92 Å². The third-order valence-electron chi connectivity index (χ3n) is 4.25. The molecule has 0 radical (unpaired) electrons. The quantitative estimate of drug-likeness (QED) is 0.825. The van der Waals surface area contributed by atoms with Crippen LogP contribution in [0.1, 0.15) is 6.42 Å². The molecule has 2 aromatic rings. The lowest BCUT2D eigenvalue weighted by Crippen LogP contribution is -2.34. The number of hydrogen-bond donors (Lipinski definition) is 1. The van der Waals surface area contributed by atoms with Crippen molar-refractivity contribution in [1.29, 1.82) is 0 Å². The maximum absolute atomic E-state index is 11.9. The molecule has 1 atom stereocenters. The van der Waals surface area contributed by atoms with Gasteiger partial charge in [0.15, 0.2) is 6.61 Å². The second-order valence-corrected chi connectivity index (χ2v) is 7.00. The number of carbonyl (C=O) groups is 1. The van der Waals surface area contributed by atoms with Crippen LogP contribution in [-0.4, -0.2) is 32.1 Å². The molecule has 25 heavy (non-hydrogen) atoms. The summed E-state index contributed by atoms with van der Waals surface area (Å²) in [4.78, 5) is 14.3. The van der Waals surface area contributed by atoms with E-state index < -0.39 is 0 Å². The molecule has 1 N–H and O–H groups in total. The second-order valence-electron chi connectivity index (χ2n) is 6.12. The fourth-order valence-electron chi connectivity index (χ4n) is 2.87. The van der Waals surface area contributed by atoms with Gasteiger partial charge in [-0.05, 0) is 60.9 Å². The average Bonchev–Trinajstić information content (AvgIpc) is 3.09. The van der Waals surface area contributed by atoms with Crippen LogP contribution in [-0.2, 0) is 4.79 Å². The van der Waals surface area contributed by atoms with Gasteiger partial charge >= 0.3 is 0 Å². The monoisotopic (exact) mass is 378 g/mol. The largest absolute Gasteiger partial charge is 0.484 e. The molecule has 0 spiro atoms. The highest BCUT2D eigenvalue weighted by atomic mass is 35.5. The van der Waals surface area contributed by atoms with Crippen LogP contribution in [0.3, 0.4) is 0 Å². The number of nitrogens with one attached hydrogen (secondary N) is 1. The molecule has 1 aliphatic rings. The number of benzene rings is 2. The Morgan fingerprint density at radius 2 is 1.72 bits per heavy atom. The first-order valence-corrected chi connectivity index (χ1v) is 9.01. The van der Waals surface area contributed by atoms with Crippen molar-refractivity contribution >= 4 is 34.8 Å². The minimum atomic E-state index is -0.111. The molecule has 3 rings (SSSR count). The minimum absolute atomic E-state index is 0.00918. The van der Waals surface area contributed by atoms with Crippen molar-refractivity contribution in [1.82, 2.24) is 5.32 Å². The van der Waals surface area contributed by atoms with Gasteiger partial charge in [0.05, 0.1) is 0 Å². The Bertz CT molecular complexity index is 704. The van der Waals surface area contributed by atoms with Gasteiger partial charge in [0.1, 0.15) is 5.75 Å². The number of anilines is 1. The van der Waals surface area contributed by atoms with Crippen LogP contribution in [0.5, 0.6) is 5.75 Å². The van der Waals surface area contributed by atoms with Crippen molar-refractivity contribution in [3.63, 3.8) is 0 Å². The van der Waals surface area contributed by atoms with Crippen LogP contribution < -0.4 is 15.0 Å². The fraction of sp³-hybridized carbons (Fsp3) is 0.316. The van der Waals surface area contributed by atoms with E-state index in [0.717, 1.165) is 24.5 Å². The van der Waals surface area contributed by atoms with E-state index in [9.17, 15) is 4.79 Å². The number of carbonyl (C=O) groups excluding carboxylic acids is 1. The predicted octanol–water partition coefficient (Wildman–Crippen LogP) is 4.01. The van der Waals surface area contributed by atoms with Gasteiger partial charge in [-0.2, -0.15) is 0 Å². The van der Waals surface area contributed by atoms with Crippen LogP contribution in [0.4, 0.5) is 5.69 Å². The lowest BCUT2D eigenvalue weighted by atomic mass is 10.1. The van der Waals surface area contributed by atoms with Crippen LogP contribution in [0.2, 0.25) is 10.0 Å². The summed E-state index contributed by atoms with van der Waals surface area (Å²) >= 11 is 11.7. The summed E-state index contributed by atoms with van der Waals surface area (Å²) in [6, 6.07) is 14.8. The Morgan fingerprint density at radius 3 is 2.40 bits per heavy atom. The van der Waals surface area contributed by atoms with Gasteiger partial charge in [-0.1, -0.05) is 23.2 Å². The van der Waals surface area contributed by atoms with E-state index in [1.165, 1.54) is 5.69 Å². The molecule has 0 aromatic heterocycles. The fourth-order valence-corrected chi connectivity index (χ4v) is 3.13. The van der Waals surface area contributed by atoms with E-state index in [4.69, 9.17) is 27.9 Å². The van der Waals surface area contributed by atoms with Gasteiger partial charge in [-0.25, -0.2) is 0 Å². The predicted molar refractivity (Wildman–Crippen MR) is 102 cm³/mol. The molecule has 0 unspecified atom stereocenters. The molecule has 132 valence electrons. The molecule has 0 aliphatic carbocycles. The average molecular weight is 379 g/mol. The Kier molecular flexibility index (Phi) is 6.05. The van der Waals surface area contributed by atoms with E-state index in [1.54, 1.807) is 24.3 Å². The van der Waals surface area contributed by atoms with Crippen LogP contribution >= 0.6 is 23.2 Å². The summed E-state index contributed by atoms with van der Waals surface area (Å²) in [6.07, 6.45) is 1.06. The smallest absolute Gasteiger partial charge is 0.257 e. The first-order chi connectivity index (χ1) is 12.1. The number of hydrogen-bond acceptors (Lipinski definition) is 3. The molecule has 0 saturated carbocycles. The van der Waals surface area contributed by atoms with Crippen molar-refractivity contribution in [3.8, 4) is 5.75 Å². The van der Waals surface area contributed by atoms with Crippen LogP contribution in [0.25, 0.3) is 0 Å². The van der Waals surface area contributed by atoms with Gasteiger partial charge in [0.2, 0.25) is 0 Å². The van der Waals surface area contributed by atoms with Gasteiger partial charge in [-0.15, -0.1) is 0 Å².